The zero-order valence-corrected chi connectivity index (χ0v) is 25.6. The fourth-order valence-electron chi connectivity index (χ4n) is 4.27. The van der Waals surface area contributed by atoms with Gasteiger partial charge in [0.2, 0.25) is 0 Å². The highest BCUT2D eigenvalue weighted by Gasteiger charge is 2.19. The van der Waals surface area contributed by atoms with Gasteiger partial charge in [0.05, 0.1) is 10.2 Å². The molecule has 0 saturated heterocycles. The molecule has 0 aliphatic heterocycles. The van der Waals surface area contributed by atoms with E-state index in [1.54, 1.807) is 0 Å². The number of hydrogen-bond acceptors (Lipinski definition) is 5. The monoisotopic (exact) mass is 539 g/mol. The third kappa shape index (κ3) is 14.5. The fourth-order valence-corrected chi connectivity index (χ4v) is 9.07. The average molecular weight is 540 g/mol. The molecule has 1 heterocycles. The number of hydrogen-bond donors (Lipinski definition) is 0. The van der Waals surface area contributed by atoms with E-state index in [1.165, 1.54) is 124 Å². The van der Waals surface area contributed by atoms with Crippen molar-refractivity contribution in [1.29, 1.82) is 0 Å². The van der Waals surface area contributed by atoms with Gasteiger partial charge in [-0.15, -0.1) is 11.3 Å². The van der Waals surface area contributed by atoms with Crippen molar-refractivity contribution >= 4 is 51.5 Å². The van der Waals surface area contributed by atoms with Crippen LogP contribution in [0.4, 0.5) is 0 Å². The first-order valence-electron chi connectivity index (χ1n) is 13.8. The van der Waals surface area contributed by atoms with Crippen molar-refractivity contribution in [2.24, 2.45) is 0 Å². The van der Waals surface area contributed by atoms with Crippen LogP contribution >= 0.6 is 32.9 Å². The molecular weight excluding hydrogens is 491 g/mol. The van der Waals surface area contributed by atoms with Crippen LogP contribution in [0.15, 0.2) is 28.6 Å². The molecule has 0 aliphatic rings. The third-order valence-electron chi connectivity index (χ3n) is 6.71. The van der Waals surface area contributed by atoms with E-state index in [0.29, 0.717) is 0 Å². The second-order valence-corrected chi connectivity index (χ2v) is 18.3. The Morgan fingerprint density at radius 1 is 0.735 bits per heavy atom. The van der Waals surface area contributed by atoms with Crippen LogP contribution in [0.1, 0.15) is 103 Å². The zero-order chi connectivity index (χ0) is 24.3. The predicted octanol–water partition coefficient (Wildman–Crippen LogP) is 11.1. The number of thiazole rings is 1. The standard InChI is InChI=1S/C28H49NOS3Si/c1-30-34(2,3)25-21-17-15-13-11-9-7-5-4-6-8-10-12-14-16-20-24-31-33-28-29-26-22-18-19-23-27(26)32-28/h18-19,22-23H,4-17,20-21,24-25H2,1-3H3. The number of fused-ring (bicyclic) bond motifs is 1. The van der Waals surface area contributed by atoms with E-state index < -0.39 is 8.32 Å². The van der Waals surface area contributed by atoms with Gasteiger partial charge in [-0.1, -0.05) is 119 Å². The minimum Gasteiger partial charge on any atom is -0.420 e. The van der Waals surface area contributed by atoms with Crippen molar-refractivity contribution in [3.8, 4) is 0 Å². The lowest BCUT2D eigenvalue weighted by molar-refractivity contribution is 0.400. The van der Waals surface area contributed by atoms with Gasteiger partial charge in [0.15, 0.2) is 12.7 Å². The van der Waals surface area contributed by atoms with Gasteiger partial charge in [0.25, 0.3) is 0 Å². The van der Waals surface area contributed by atoms with Crippen LogP contribution in [0.3, 0.4) is 0 Å². The van der Waals surface area contributed by atoms with Crippen molar-refractivity contribution in [2.45, 2.75) is 126 Å². The molecule has 2 nitrogen and oxygen atoms in total. The maximum Gasteiger partial charge on any atom is 0.186 e. The molecule has 0 saturated carbocycles. The molecule has 2 rings (SSSR count). The molecule has 1 aromatic heterocycles. The number of rotatable bonds is 22. The van der Waals surface area contributed by atoms with Gasteiger partial charge in [0, 0.05) is 12.9 Å². The Labute approximate surface area is 223 Å². The highest BCUT2D eigenvalue weighted by atomic mass is 33.1. The quantitative estimate of drug-likeness (QED) is 0.0842. The average Bonchev–Trinajstić information content (AvgIpc) is 3.25. The van der Waals surface area contributed by atoms with Crippen LogP contribution < -0.4 is 0 Å². The summed E-state index contributed by atoms with van der Waals surface area (Å²) in [4.78, 5) is 4.70. The second-order valence-electron chi connectivity index (χ2n) is 10.2. The van der Waals surface area contributed by atoms with Gasteiger partial charge in [-0.05, 0) is 48.5 Å². The molecule has 0 radical (unpaired) electrons. The maximum atomic E-state index is 5.63. The Morgan fingerprint density at radius 2 is 1.24 bits per heavy atom. The van der Waals surface area contributed by atoms with E-state index in [-0.39, 0.29) is 0 Å². The smallest absolute Gasteiger partial charge is 0.186 e. The van der Waals surface area contributed by atoms with E-state index in [9.17, 15) is 0 Å². The van der Waals surface area contributed by atoms with Crippen molar-refractivity contribution in [3.05, 3.63) is 24.3 Å². The van der Waals surface area contributed by atoms with E-state index in [4.69, 9.17) is 9.41 Å². The van der Waals surface area contributed by atoms with Crippen molar-refractivity contribution < 1.29 is 4.43 Å². The van der Waals surface area contributed by atoms with Gasteiger partial charge < -0.3 is 4.43 Å². The SMILES string of the molecule is CO[Si](C)(C)CCCCCCCCCCCCCCCCCCSSc1nc2ccccc2s1. The number of nitrogens with zero attached hydrogens (tertiary/aromatic N) is 1. The van der Waals surface area contributed by atoms with Crippen LogP contribution in [0.5, 0.6) is 0 Å². The molecule has 2 aromatic rings. The summed E-state index contributed by atoms with van der Waals surface area (Å²) in [6, 6.07) is 9.77. The maximum absolute atomic E-state index is 5.63. The molecule has 0 bridgehead atoms. The Balaban J connectivity index is 1.25. The second kappa shape index (κ2) is 19.1. The van der Waals surface area contributed by atoms with Crippen LogP contribution in [0, 0.1) is 0 Å². The van der Waals surface area contributed by atoms with E-state index in [2.05, 4.69) is 37.4 Å². The van der Waals surface area contributed by atoms with Gasteiger partial charge >= 0.3 is 0 Å². The minimum atomic E-state index is -1.31. The molecular formula is C28H49NOS3Si. The van der Waals surface area contributed by atoms with Gasteiger partial charge in [-0.25, -0.2) is 4.98 Å². The van der Waals surface area contributed by atoms with Crippen molar-refractivity contribution in [1.82, 2.24) is 4.98 Å². The molecule has 0 aliphatic carbocycles. The third-order valence-corrected chi connectivity index (χ3v) is 13.2. The number of para-hydroxylation sites is 1. The molecule has 34 heavy (non-hydrogen) atoms. The van der Waals surface area contributed by atoms with Gasteiger partial charge in [-0.3, -0.25) is 0 Å². The lowest BCUT2D eigenvalue weighted by Crippen LogP contribution is -2.27. The highest BCUT2D eigenvalue weighted by molar-refractivity contribution is 8.77. The number of aromatic nitrogens is 1. The van der Waals surface area contributed by atoms with E-state index in [1.807, 2.05) is 40.0 Å². The topological polar surface area (TPSA) is 22.1 Å². The zero-order valence-electron chi connectivity index (χ0n) is 22.1. The molecule has 0 fully saturated rings. The molecule has 0 spiro atoms. The van der Waals surface area contributed by atoms with Crippen LogP contribution in [0.25, 0.3) is 10.2 Å². The van der Waals surface area contributed by atoms with Crippen LogP contribution in [-0.4, -0.2) is 26.2 Å². The Hall–Kier alpha value is -0.0131. The van der Waals surface area contributed by atoms with Gasteiger partial charge in [0.1, 0.15) is 0 Å². The Bertz CT molecular complexity index is 719. The van der Waals surface area contributed by atoms with Crippen molar-refractivity contribution in [3.63, 3.8) is 0 Å². The van der Waals surface area contributed by atoms with Crippen LogP contribution in [-0.2, 0) is 4.43 Å². The number of unbranched alkanes of at least 4 members (excludes halogenated alkanes) is 15. The van der Waals surface area contributed by atoms with E-state index >= 15 is 0 Å². The van der Waals surface area contributed by atoms with Crippen molar-refractivity contribution in [2.75, 3.05) is 12.9 Å². The summed E-state index contributed by atoms with van der Waals surface area (Å²) in [6.45, 7) is 4.67. The summed E-state index contributed by atoms with van der Waals surface area (Å²) in [5, 5.41) is 0. The first kappa shape index (κ1) is 30.2. The molecule has 0 N–H and O–H groups in total. The summed E-state index contributed by atoms with van der Waals surface area (Å²) in [5.41, 5.74) is 1.14. The lowest BCUT2D eigenvalue weighted by atomic mass is 10.0. The van der Waals surface area contributed by atoms with Crippen LogP contribution in [0.2, 0.25) is 19.1 Å². The predicted molar refractivity (Wildman–Crippen MR) is 161 cm³/mol. The molecule has 194 valence electrons. The molecule has 0 unspecified atom stereocenters. The fraction of sp³-hybridized carbons (Fsp3) is 0.750. The summed E-state index contributed by atoms with van der Waals surface area (Å²) in [6.07, 6.45) is 22.8. The summed E-state index contributed by atoms with van der Waals surface area (Å²) in [7, 11) is 4.41. The minimum absolute atomic E-state index is 1.14. The molecule has 6 heteroatoms. The Kier molecular flexibility index (Phi) is 17.0. The first-order valence-corrected chi connectivity index (χ1v) is 20.1. The Morgan fingerprint density at radius 3 is 1.76 bits per heavy atom. The van der Waals surface area contributed by atoms with E-state index in [0.717, 1.165) is 5.52 Å². The summed E-state index contributed by atoms with van der Waals surface area (Å²) >= 11 is 1.82. The molecule has 0 amide bonds. The molecule has 1 aromatic carbocycles. The lowest BCUT2D eigenvalue weighted by Gasteiger charge is -2.19. The largest absolute Gasteiger partial charge is 0.420 e. The number of benzene rings is 1. The normalized spacial score (nSPS) is 12.1. The summed E-state index contributed by atoms with van der Waals surface area (Å²) < 4.78 is 8.13. The van der Waals surface area contributed by atoms with Gasteiger partial charge in [-0.2, -0.15) is 0 Å². The summed E-state index contributed by atoms with van der Waals surface area (Å²) in [5.74, 6) is 1.24. The highest BCUT2D eigenvalue weighted by Crippen LogP contribution is 2.37. The first-order chi connectivity index (χ1) is 16.6. The molecule has 0 atom stereocenters.